The van der Waals surface area contributed by atoms with Gasteiger partial charge in [-0.1, -0.05) is 11.6 Å². The molecule has 9 heteroatoms. The zero-order valence-electron chi connectivity index (χ0n) is 10.1. The summed E-state index contributed by atoms with van der Waals surface area (Å²) in [7, 11) is 0. The van der Waals surface area contributed by atoms with Crippen molar-refractivity contribution in [2.75, 3.05) is 13.2 Å². The number of fused-ring (bicyclic) bond motifs is 1. The van der Waals surface area contributed by atoms with Gasteiger partial charge in [0.2, 0.25) is 0 Å². The molecule has 0 aromatic carbocycles. The lowest BCUT2D eigenvalue weighted by Crippen LogP contribution is -2.46. The van der Waals surface area contributed by atoms with Crippen LogP contribution in [0.15, 0.2) is 12.5 Å². The summed E-state index contributed by atoms with van der Waals surface area (Å²) in [6, 6.07) is 0. The number of ether oxygens (including phenoxy) is 1. The number of aliphatic hydroxyl groups is 3. The van der Waals surface area contributed by atoms with E-state index in [0.717, 1.165) is 17.1 Å². The van der Waals surface area contributed by atoms with E-state index in [9.17, 15) is 14.6 Å². The highest BCUT2D eigenvalue weighted by atomic mass is 35.5. The summed E-state index contributed by atoms with van der Waals surface area (Å²) >= 11 is 5.80. The maximum absolute atomic E-state index is 13.9. The first kappa shape index (κ1) is 13.7. The van der Waals surface area contributed by atoms with Crippen LogP contribution < -0.4 is 0 Å². The standard InChI is InChI=1S/C11H11ClFN3O4/c12-9-7-5(13)1-16(10(7)15-4-14-9)11(19)3-20-6(2-17)8(11)18/h1,4,6,8,17-19H,2-3H2/t6-,8-,11+/m1/s1. The van der Waals surface area contributed by atoms with Crippen LogP contribution in [0.3, 0.4) is 0 Å². The van der Waals surface area contributed by atoms with Gasteiger partial charge in [-0.15, -0.1) is 0 Å². The minimum atomic E-state index is -1.94. The Morgan fingerprint density at radius 3 is 2.95 bits per heavy atom. The number of rotatable bonds is 2. The number of halogens is 2. The van der Waals surface area contributed by atoms with Gasteiger partial charge in [-0.05, 0) is 0 Å². The maximum Gasteiger partial charge on any atom is 0.196 e. The molecule has 3 rings (SSSR count). The Balaban J connectivity index is 2.18. The van der Waals surface area contributed by atoms with Crippen LogP contribution in [0, 0.1) is 5.82 Å². The Morgan fingerprint density at radius 1 is 1.55 bits per heavy atom. The number of hydrogen-bond donors (Lipinski definition) is 3. The molecule has 0 aliphatic carbocycles. The van der Waals surface area contributed by atoms with Gasteiger partial charge in [0.15, 0.2) is 11.5 Å². The van der Waals surface area contributed by atoms with Crippen LogP contribution in [0.1, 0.15) is 0 Å². The van der Waals surface area contributed by atoms with Gasteiger partial charge >= 0.3 is 0 Å². The Labute approximate surface area is 117 Å². The number of aliphatic hydroxyl groups excluding tert-OH is 2. The molecule has 20 heavy (non-hydrogen) atoms. The Morgan fingerprint density at radius 2 is 2.30 bits per heavy atom. The quantitative estimate of drug-likeness (QED) is 0.654. The third kappa shape index (κ3) is 1.73. The average Bonchev–Trinajstić information content (AvgIpc) is 2.91. The molecular weight excluding hydrogens is 293 g/mol. The minimum absolute atomic E-state index is 0.0336. The predicted octanol–water partition coefficient (Wildman–Crippen LogP) is -0.379. The molecule has 0 amide bonds. The van der Waals surface area contributed by atoms with Gasteiger partial charge in [0.05, 0.1) is 18.6 Å². The fourth-order valence-electron chi connectivity index (χ4n) is 2.35. The maximum atomic E-state index is 13.9. The fourth-order valence-corrected chi connectivity index (χ4v) is 2.56. The van der Waals surface area contributed by atoms with Crippen molar-refractivity contribution in [2.24, 2.45) is 0 Å². The van der Waals surface area contributed by atoms with E-state index in [1.165, 1.54) is 0 Å². The molecular formula is C11H11ClFN3O4. The monoisotopic (exact) mass is 303 g/mol. The summed E-state index contributed by atoms with van der Waals surface area (Å²) in [5, 5.41) is 29.5. The molecule has 0 saturated carbocycles. The zero-order chi connectivity index (χ0) is 14.5. The van der Waals surface area contributed by atoms with E-state index >= 15 is 0 Å². The molecule has 3 atom stereocenters. The van der Waals surface area contributed by atoms with E-state index < -0.39 is 30.4 Å². The lowest BCUT2D eigenvalue weighted by atomic mass is 10.1. The Bertz CT molecular complexity index is 666. The van der Waals surface area contributed by atoms with Crippen molar-refractivity contribution in [1.82, 2.24) is 14.5 Å². The first-order chi connectivity index (χ1) is 9.49. The summed E-state index contributed by atoms with van der Waals surface area (Å²) in [5.74, 6) is -0.723. The molecule has 0 radical (unpaired) electrons. The first-order valence-electron chi connectivity index (χ1n) is 5.79. The van der Waals surface area contributed by atoms with Crippen molar-refractivity contribution in [3.63, 3.8) is 0 Å². The van der Waals surface area contributed by atoms with Crippen molar-refractivity contribution in [1.29, 1.82) is 0 Å². The van der Waals surface area contributed by atoms with Crippen LogP contribution in [0.25, 0.3) is 11.0 Å². The molecule has 1 fully saturated rings. The summed E-state index contributed by atoms with van der Waals surface area (Å²) in [6.45, 7) is -0.787. The normalized spacial score (nSPS) is 30.2. The second-order valence-corrected chi connectivity index (χ2v) is 4.92. The topological polar surface area (TPSA) is 101 Å². The van der Waals surface area contributed by atoms with Gasteiger partial charge in [0.25, 0.3) is 0 Å². The predicted molar refractivity (Wildman–Crippen MR) is 65.5 cm³/mol. The molecule has 1 saturated heterocycles. The minimum Gasteiger partial charge on any atom is -0.394 e. The van der Waals surface area contributed by atoms with E-state index in [1.807, 2.05) is 0 Å². The van der Waals surface area contributed by atoms with Crippen molar-refractivity contribution < 1.29 is 24.4 Å². The zero-order valence-corrected chi connectivity index (χ0v) is 10.8. The van der Waals surface area contributed by atoms with Gasteiger partial charge in [-0.25, -0.2) is 14.4 Å². The molecule has 1 aliphatic rings. The van der Waals surface area contributed by atoms with E-state index in [2.05, 4.69) is 9.97 Å². The Kier molecular flexibility index (Phi) is 3.14. The van der Waals surface area contributed by atoms with Crippen LogP contribution in [-0.2, 0) is 10.5 Å². The van der Waals surface area contributed by atoms with Gasteiger partial charge in [0, 0.05) is 6.20 Å². The van der Waals surface area contributed by atoms with Crippen LogP contribution >= 0.6 is 11.6 Å². The molecule has 2 aromatic heterocycles. The van der Waals surface area contributed by atoms with Crippen LogP contribution in [-0.4, -0.2) is 55.3 Å². The third-order valence-electron chi connectivity index (χ3n) is 3.42. The highest BCUT2D eigenvalue weighted by molar-refractivity contribution is 6.34. The number of hydrogen-bond acceptors (Lipinski definition) is 6. The summed E-state index contributed by atoms with van der Waals surface area (Å²) in [4.78, 5) is 7.54. The summed E-state index contributed by atoms with van der Waals surface area (Å²) in [5.41, 5.74) is -1.90. The van der Waals surface area contributed by atoms with Crippen molar-refractivity contribution in [3.05, 3.63) is 23.5 Å². The average molecular weight is 304 g/mol. The van der Waals surface area contributed by atoms with Gasteiger partial charge < -0.3 is 20.1 Å². The van der Waals surface area contributed by atoms with E-state index in [1.54, 1.807) is 0 Å². The number of nitrogens with zero attached hydrogens (tertiary/aromatic N) is 3. The molecule has 108 valence electrons. The second kappa shape index (κ2) is 4.61. The second-order valence-electron chi connectivity index (χ2n) is 4.57. The molecule has 3 heterocycles. The highest BCUT2D eigenvalue weighted by Gasteiger charge is 2.50. The van der Waals surface area contributed by atoms with Crippen LogP contribution in [0.4, 0.5) is 4.39 Å². The number of aromatic nitrogens is 3. The molecule has 7 nitrogen and oxygen atoms in total. The van der Waals surface area contributed by atoms with E-state index in [-0.39, 0.29) is 22.8 Å². The van der Waals surface area contributed by atoms with Crippen molar-refractivity contribution >= 4 is 22.6 Å². The summed E-state index contributed by atoms with van der Waals surface area (Å²) < 4.78 is 20.1. The third-order valence-corrected chi connectivity index (χ3v) is 3.71. The van der Waals surface area contributed by atoms with Crippen LogP contribution in [0.2, 0.25) is 5.15 Å². The molecule has 0 bridgehead atoms. The summed E-state index contributed by atoms with van der Waals surface area (Å²) in [6.07, 6.45) is -0.304. The van der Waals surface area contributed by atoms with Crippen LogP contribution in [0.5, 0.6) is 0 Å². The van der Waals surface area contributed by atoms with Crippen molar-refractivity contribution in [2.45, 2.75) is 17.9 Å². The van der Waals surface area contributed by atoms with Crippen molar-refractivity contribution in [3.8, 4) is 0 Å². The Hall–Kier alpha value is -1.32. The first-order valence-corrected chi connectivity index (χ1v) is 6.17. The molecule has 3 N–H and O–H groups in total. The van der Waals surface area contributed by atoms with Gasteiger partial charge in [0.1, 0.15) is 29.3 Å². The fraction of sp³-hybridized carbons (Fsp3) is 0.455. The molecule has 1 aliphatic heterocycles. The van der Waals surface area contributed by atoms with E-state index in [0.29, 0.717) is 0 Å². The van der Waals surface area contributed by atoms with Gasteiger partial charge in [-0.3, -0.25) is 4.57 Å². The lowest BCUT2D eigenvalue weighted by molar-refractivity contribution is -0.110. The highest BCUT2D eigenvalue weighted by Crippen LogP contribution is 2.34. The SMILES string of the molecule is OC[C@H]1OC[C@@](O)(n2cc(F)c3c(Cl)ncnc32)[C@@H]1O. The van der Waals surface area contributed by atoms with E-state index in [4.69, 9.17) is 21.4 Å². The molecule has 2 aromatic rings. The smallest absolute Gasteiger partial charge is 0.196 e. The largest absolute Gasteiger partial charge is 0.394 e. The van der Waals surface area contributed by atoms with Gasteiger partial charge in [-0.2, -0.15) is 0 Å². The molecule has 0 spiro atoms. The molecule has 0 unspecified atom stereocenters. The lowest BCUT2D eigenvalue weighted by Gasteiger charge is -2.28.